The number of nitrogens with zero attached hydrogens (tertiary/aromatic N) is 1. The van der Waals surface area contributed by atoms with Crippen molar-refractivity contribution >= 4 is 23.2 Å². The van der Waals surface area contributed by atoms with Crippen LogP contribution in [0.3, 0.4) is 0 Å². The Hall–Kier alpha value is -1.46. The fraction of sp³-hybridized carbons (Fsp3) is 0.429. The lowest BCUT2D eigenvalue weighted by molar-refractivity contribution is 0.0976. The zero-order valence-corrected chi connectivity index (χ0v) is 12.3. The van der Waals surface area contributed by atoms with E-state index in [4.69, 9.17) is 12.2 Å². The Bertz CT molecular complexity index is 404. The Morgan fingerprint density at radius 1 is 1.21 bits per heavy atom. The molecule has 1 aromatic rings. The fourth-order valence-electron chi connectivity index (χ4n) is 1.68. The third kappa shape index (κ3) is 5.81. The van der Waals surface area contributed by atoms with Crippen LogP contribution in [0.2, 0.25) is 0 Å². The molecule has 1 amide bonds. The molecule has 0 heterocycles. The summed E-state index contributed by atoms with van der Waals surface area (Å²) in [5, 5.41) is 6.09. The van der Waals surface area contributed by atoms with E-state index < -0.39 is 0 Å². The molecule has 0 saturated carbocycles. The van der Waals surface area contributed by atoms with E-state index in [2.05, 4.69) is 29.4 Å². The van der Waals surface area contributed by atoms with Crippen LogP contribution in [0.4, 0.5) is 0 Å². The summed E-state index contributed by atoms with van der Waals surface area (Å²) in [5.41, 5.74) is 0.607. The van der Waals surface area contributed by atoms with E-state index in [1.54, 1.807) is 12.1 Å². The maximum Gasteiger partial charge on any atom is 0.257 e. The van der Waals surface area contributed by atoms with Crippen LogP contribution in [0.5, 0.6) is 0 Å². The Labute approximate surface area is 120 Å². The van der Waals surface area contributed by atoms with Gasteiger partial charge in [0.15, 0.2) is 5.11 Å². The second-order valence-electron chi connectivity index (χ2n) is 4.10. The normalized spacial score (nSPS) is 10.3. The average molecular weight is 279 g/mol. The summed E-state index contributed by atoms with van der Waals surface area (Å²) < 4.78 is 0. The number of hydrogen-bond acceptors (Lipinski definition) is 3. The van der Waals surface area contributed by atoms with Gasteiger partial charge in [0.2, 0.25) is 0 Å². The smallest absolute Gasteiger partial charge is 0.257 e. The van der Waals surface area contributed by atoms with Crippen molar-refractivity contribution in [2.75, 3.05) is 26.2 Å². The number of nitrogens with one attached hydrogen (secondary N) is 2. The molecule has 2 N–H and O–H groups in total. The monoisotopic (exact) mass is 279 g/mol. The summed E-state index contributed by atoms with van der Waals surface area (Å²) in [7, 11) is 0. The molecule has 0 aliphatic rings. The van der Waals surface area contributed by atoms with E-state index in [9.17, 15) is 4.79 Å². The van der Waals surface area contributed by atoms with Gasteiger partial charge >= 0.3 is 0 Å². The van der Waals surface area contributed by atoms with Gasteiger partial charge in [-0.2, -0.15) is 0 Å². The van der Waals surface area contributed by atoms with Crippen molar-refractivity contribution in [1.29, 1.82) is 0 Å². The first-order chi connectivity index (χ1) is 9.17. The minimum Gasteiger partial charge on any atom is -0.361 e. The second-order valence-corrected chi connectivity index (χ2v) is 4.51. The Morgan fingerprint density at radius 3 is 2.42 bits per heavy atom. The fourth-order valence-corrected chi connectivity index (χ4v) is 1.87. The molecule has 1 rings (SSSR count). The number of hydrogen-bond donors (Lipinski definition) is 2. The molecule has 0 aromatic heterocycles. The highest BCUT2D eigenvalue weighted by Gasteiger charge is 2.06. The first-order valence-electron chi connectivity index (χ1n) is 6.54. The number of rotatable bonds is 6. The maximum atomic E-state index is 11.8. The molecular weight excluding hydrogens is 258 g/mol. The van der Waals surface area contributed by atoms with Gasteiger partial charge in [-0.1, -0.05) is 32.0 Å². The number of likely N-dealkylation sites (N-methyl/N-ethyl adjacent to an activating group) is 1. The van der Waals surface area contributed by atoms with Gasteiger partial charge in [0, 0.05) is 18.7 Å². The molecule has 0 saturated heterocycles. The summed E-state index contributed by atoms with van der Waals surface area (Å²) in [5.74, 6) is -0.180. The summed E-state index contributed by atoms with van der Waals surface area (Å²) in [6.07, 6.45) is 0. The van der Waals surface area contributed by atoms with Crippen molar-refractivity contribution in [3.8, 4) is 0 Å². The maximum absolute atomic E-state index is 11.8. The molecule has 0 aliphatic heterocycles. The summed E-state index contributed by atoms with van der Waals surface area (Å²) >= 11 is 5.09. The van der Waals surface area contributed by atoms with Crippen molar-refractivity contribution in [2.24, 2.45) is 0 Å². The van der Waals surface area contributed by atoms with Crippen LogP contribution >= 0.6 is 12.2 Å². The molecule has 0 aliphatic carbocycles. The molecule has 0 spiro atoms. The van der Waals surface area contributed by atoms with E-state index in [1.807, 2.05) is 18.2 Å². The van der Waals surface area contributed by atoms with Crippen LogP contribution in [0.25, 0.3) is 0 Å². The number of thiocarbonyl (C=S) groups is 1. The predicted octanol–water partition coefficient (Wildman–Crippen LogP) is 1.63. The van der Waals surface area contributed by atoms with Crippen LogP contribution < -0.4 is 10.6 Å². The largest absolute Gasteiger partial charge is 0.361 e. The average Bonchev–Trinajstić information content (AvgIpc) is 2.44. The van der Waals surface area contributed by atoms with E-state index >= 15 is 0 Å². The van der Waals surface area contributed by atoms with E-state index in [0.29, 0.717) is 10.7 Å². The number of carbonyl (C=O) groups is 1. The molecule has 5 heteroatoms. The highest BCUT2D eigenvalue weighted by Crippen LogP contribution is 1.97. The molecule has 4 nitrogen and oxygen atoms in total. The van der Waals surface area contributed by atoms with E-state index in [0.717, 1.165) is 26.2 Å². The highest BCUT2D eigenvalue weighted by molar-refractivity contribution is 7.80. The minimum atomic E-state index is -0.180. The van der Waals surface area contributed by atoms with E-state index in [1.165, 1.54) is 0 Å². The van der Waals surface area contributed by atoms with Gasteiger partial charge in [-0.25, -0.2) is 0 Å². The Morgan fingerprint density at radius 2 is 1.84 bits per heavy atom. The molecule has 0 atom stereocenters. The zero-order chi connectivity index (χ0) is 14.1. The first kappa shape index (κ1) is 15.6. The van der Waals surface area contributed by atoms with Crippen molar-refractivity contribution in [1.82, 2.24) is 15.5 Å². The highest BCUT2D eigenvalue weighted by atomic mass is 32.1. The topological polar surface area (TPSA) is 44.4 Å². The van der Waals surface area contributed by atoms with Crippen LogP contribution in [0.15, 0.2) is 30.3 Å². The SMILES string of the molecule is CCN(CC)CCNC(=S)NC(=O)c1ccccc1. The van der Waals surface area contributed by atoms with Gasteiger partial charge in [0.05, 0.1) is 0 Å². The third-order valence-corrected chi connectivity index (χ3v) is 3.12. The first-order valence-corrected chi connectivity index (χ1v) is 6.94. The molecule has 0 bridgehead atoms. The van der Waals surface area contributed by atoms with Crippen molar-refractivity contribution in [2.45, 2.75) is 13.8 Å². The number of benzene rings is 1. The van der Waals surface area contributed by atoms with Crippen LogP contribution in [-0.2, 0) is 0 Å². The van der Waals surface area contributed by atoms with Gasteiger partial charge in [-0.05, 0) is 37.4 Å². The predicted molar refractivity (Wildman–Crippen MR) is 82.3 cm³/mol. The lowest BCUT2D eigenvalue weighted by Gasteiger charge is -2.18. The van der Waals surface area contributed by atoms with Crippen molar-refractivity contribution in [3.63, 3.8) is 0 Å². The standard InChI is InChI=1S/C14H21N3OS/c1-3-17(4-2)11-10-15-14(19)16-13(18)12-8-6-5-7-9-12/h5-9H,3-4,10-11H2,1-2H3,(H2,15,16,18,19). The quantitative estimate of drug-likeness (QED) is 0.777. The zero-order valence-electron chi connectivity index (χ0n) is 11.5. The summed E-state index contributed by atoms with van der Waals surface area (Å²) in [6.45, 7) is 7.92. The second kappa shape index (κ2) is 8.61. The Balaban J connectivity index is 2.30. The lowest BCUT2D eigenvalue weighted by Crippen LogP contribution is -2.42. The van der Waals surface area contributed by atoms with Gasteiger partial charge in [-0.3, -0.25) is 10.1 Å². The van der Waals surface area contributed by atoms with Crippen LogP contribution in [0.1, 0.15) is 24.2 Å². The van der Waals surface area contributed by atoms with Crippen molar-refractivity contribution < 1.29 is 4.79 Å². The van der Waals surface area contributed by atoms with Crippen LogP contribution in [-0.4, -0.2) is 42.1 Å². The van der Waals surface area contributed by atoms with Crippen LogP contribution in [0, 0.1) is 0 Å². The minimum absolute atomic E-state index is 0.180. The van der Waals surface area contributed by atoms with Gasteiger partial charge in [0.25, 0.3) is 5.91 Å². The molecule has 0 unspecified atom stereocenters. The lowest BCUT2D eigenvalue weighted by atomic mass is 10.2. The molecule has 0 radical (unpaired) electrons. The molecular formula is C14H21N3OS. The van der Waals surface area contributed by atoms with Gasteiger partial charge in [0.1, 0.15) is 0 Å². The Kier molecular flexibility index (Phi) is 7.07. The molecule has 0 fully saturated rings. The van der Waals surface area contributed by atoms with Gasteiger partial charge in [-0.15, -0.1) is 0 Å². The summed E-state index contributed by atoms with van der Waals surface area (Å²) in [6, 6.07) is 9.04. The van der Waals surface area contributed by atoms with E-state index in [-0.39, 0.29) is 5.91 Å². The summed E-state index contributed by atoms with van der Waals surface area (Å²) in [4.78, 5) is 14.1. The van der Waals surface area contributed by atoms with Gasteiger partial charge < -0.3 is 10.2 Å². The molecule has 19 heavy (non-hydrogen) atoms. The number of amides is 1. The third-order valence-electron chi connectivity index (χ3n) is 2.87. The molecule has 1 aromatic carbocycles. The number of carbonyl (C=O) groups excluding carboxylic acids is 1. The van der Waals surface area contributed by atoms with Crippen molar-refractivity contribution in [3.05, 3.63) is 35.9 Å². The molecule has 104 valence electrons.